The minimum absolute atomic E-state index is 0.0101. The van der Waals surface area contributed by atoms with Gasteiger partial charge in [-0.15, -0.1) is 0 Å². The van der Waals surface area contributed by atoms with Crippen molar-refractivity contribution >= 4 is 5.91 Å². The van der Waals surface area contributed by atoms with Crippen LogP contribution in [0.5, 0.6) is 0 Å². The second-order valence-electron chi connectivity index (χ2n) is 2.09. The van der Waals surface area contributed by atoms with Crippen LogP contribution >= 0.6 is 0 Å². The van der Waals surface area contributed by atoms with Crippen molar-refractivity contribution in [2.24, 2.45) is 0 Å². The molecule has 58 valence electrons. The van der Waals surface area contributed by atoms with E-state index in [-0.39, 0.29) is 5.91 Å². The van der Waals surface area contributed by atoms with Gasteiger partial charge in [0, 0.05) is 6.54 Å². The lowest BCUT2D eigenvalue weighted by atomic mass is 10.3. The van der Waals surface area contributed by atoms with Crippen LogP contribution in [0.1, 0.15) is 26.7 Å². The summed E-state index contributed by atoms with van der Waals surface area (Å²) >= 11 is 0. The average molecular weight is 141 g/mol. The fourth-order valence-electron chi connectivity index (χ4n) is 0.590. The molecule has 0 saturated heterocycles. The summed E-state index contributed by atoms with van der Waals surface area (Å²) in [6, 6.07) is 0. The largest absolute Gasteiger partial charge is 0.353 e. The molecule has 0 aromatic carbocycles. The standard InChI is InChI=1S/C8H15NO/c1-3-5-6-7-8(10)9-4-2/h6-7H,3-5H2,1-2H3,(H,9,10). The first-order valence-electron chi connectivity index (χ1n) is 3.75. The van der Waals surface area contributed by atoms with Crippen LogP contribution < -0.4 is 5.32 Å². The second kappa shape index (κ2) is 6.33. The van der Waals surface area contributed by atoms with Gasteiger partial charge in [-0.05, 0) is 19.4 Å². The number of unbranched alkanes of at least 4 members (excludes halogenated alkanes) is 1. The van der Waals surface area contributed by atoms with Crippen LogP contribution in [0.3, 0.4) is 0 Å². The molecule has 2 nitrogen and oxygen atoms in total. The number of likely N-dealkylation sites (N-methyl/N-ethyl adjacent to an activating group) is 1. The average Bonchev–Trinajstić information content (AvgIpc) is 1.89. The zero-order valence-electron chi connectivity index (χ0n) is 6.68. The summed E-state index contributed by atoms with van der Waals surface area (Å²) in [4.78, 5) is 10.7. The Morgan fingerprint density at radius 1 is 1.50 bits per heavy atom. The van der Waals surface area contributed by atoms with Gasteiger partial charge in [0.2, 0.25) is 5.91 Å². The minimum atomic E-state index is 0.0101. The molecule has 0 radical (unpaired) electrons. The third-order valence-electron chi connectivity index (χ3n) is 1.08. The maximum absolute atomic E-state index is 10.7. The Morgan fingerprint density at radius 3 is 2.70 bits per heavy atom. The summed E-state index contributed by atoms with van der Waals surface area (Å²) in [5.41, 5.74) is 0. The smallest absolute Gasteiger partial charge is 0.243 e. The lowest BCUT2D eigenvalue weighted by Crippen LogP contribution is -2.19. The predicted octanol–water partition coefficient (Wildman–Crippen LogP) is 1.48. The first-order chi connectivity index (χ1) is 4.81. The first kappa shape index (κ1) is 9.21. The third-order valence-corrected chi connectivity index (χ3v) is 1.08. The highest BCUT2D eigenvalue weighted by Gasteiger charge is 1.87. The topological polar surface area (TPSA) is 29.1 Å². The molecule has 0 aliphatic heterocycles. The molecule has 0 heterocycles. The molecule has 2 heteroatoms. The molecule has 0 aliphatic rings. The highest BCUT2D eigenvalue weighted by atomic mass is 16.1. The number of nitrogens with one attached hydrogen (secondary N) is 1. The Hall–Kier alpha value is -0.790. The van der Waals surface area contributed by atoms with E-state index in [2.05, 4.69) is 12.2 Å². The summed E-state index contributed by atoms with van der Waals surface area (Å²) in [6.45, 7) is 4.70. The van der Waals surface area contributed by atoms with Crippen LogP contribution in [-0.4, -0.2) is 12.5 Å². The van der Waals surface area contributed by atoms with Gasteiger partial charge >= 0.3 is 0 Å². The Kier molecular flexibility index (Phi) is 5.83. The fourth-order valence-corrected chi connectivity index (χ4v) is 0.590. The molecule has 0 saturated carbocycles. The van der Waals surface area contributed by atoms with Gasteiger partial charge in [-0.1, -0.05) is 19.4 Å². The van der Waals surface area contributed by atoms with Crippen molar-refractivity contribution in [3.8, 4) is 0 Å². The highest BCUT2D eigenvalue weighted by Crippen LogP contribution is 1.87. The third kappa shape index (κ3) is 5.35. The predicted molar refractivity (Wildman–Crippen MR) is 42.7 cm³/mol. The molecule has 0 atom stereocenters. The van der Waals surface area contributed by atoms with E-state index < -0.39 is 0 Å². The maximum atomic E-state index is 10.7. The summed E-state index contributed by atoms with van der Waals surface area (Å²) in [5.74, 6) is 0.0101. The summed E-state index contributed by atoms with van der Waals surface area (Å²) < 4.78 is 0. The van der Waals surface area contributed by atoms with Crippen molar-refractivity contribution in [3.63, 3.8) is 0 Å². The van der Waals surface area contributed by atoms with Crippen LogP contribution in [0.4, 0.5) is 0 Å². The Balaban J connectivity index is 3.36. The molecule has 0 rings (SSSR count). The van der Waals surface area contributed by atoms with Crippen molar-refractivity contribution in [1.29, 1.82) is 0 Å². The van der Waals surface area contributed by atoms with Crippen LogP contribution in [0.2, 0.25) is 0 Å². The quantitative estimate of drug-likeness (QED) is 0.590. The van der Waals surface area contributed by atoms with Crippen molar-refractivity contribution in [2.45, 2.75) is 26.7 Å². The van der Waals surface area contributed by atoms with E-state index in [1.54, 1.807) is 6.08 Å². The van der Waals surface area contributed by atoms with Gasteiger partial charge in [0.1, 0.15) is 0 Å². The SMILES string of the molecule is CCCC=CC(=O)NCC. The van der Waals surface area contributed by atoms with Crippen molar-refractivity contribution in [2.75, 3.05) is 6.54 Å². The number of hydrogen-bond donors (Lipinski definition) is 1. The molecule has 0 unspecified atom stereocenters. The molecule has 0 aromatic rings. The highest BCUT2D eigenvalue weighted by molar-refractivity contribution is 5.87. The van der Waals surface area contributed by atoms with Crippen molar-refractivity contribution in [1.82, 2.24) is 5.32 Å². The van der Waals surface area contributed by atoms with E-state index in [1.165, 1.54) is 0 Å². The number of rotatable bonds is 4. The lowest BCUT2D eigenvalue weighted by molar-refractivity contribution is -0.116. The molecule has 10 heavy (non-hydrogen) atoms. The maximum Gasteiger partial charge on any atom is 0.243 e. The minimum Gasteiger partial charge on any atom is -0.353 e. The van der Waals surface area contributed by atoms with Gasteiger partial charge in [0.15, 0.2) is 0 Å². The molecule has 0 aliphatic carbocycles. The zero-order chi connectivity index (χ0) is 7.82. The van der Waals surface area contributed by atoms with Gasteiger partial charge in [-0.3, -0.25) is 4.79 Å². The number of allylic oxidation sites excluding steroid dienone is 1. The normalized spacial score (nSPS) is 10.2. The van der Waals surface area contributed by atoms with E-state index in [0.717, 1.165) is 12.8 Å². The molecular formula is C8H15NO. The van der Waals surface area contributed by atoms with Crippen molar-refractivity contribution < 1.29 is 4.79 Å². The second-order valence-corrected chi connectivity index (χ2v) is 2.09. The number of carbonyl (C=O) groups excluding carboxylic acids is 1. The Labute approximate surface area is 62.3 Å². The molecule has 0 spiro atoms. The summed E-state index contributed by atoms with van der Waals surface area (Å²) in [6.07, 6.45) is 5.56. The van der Waals surface area contributed by atoms with Crippen LogP contribution in [-0.2, 0) is 4.79 Å². The van der Waals surface area contributed by atoms with Crippen molar-refractivity contribution in [3.05, 3.63) is 12.2 Å². The monoisotopic (exact) mass is 141 g/mol. The van der Waals surface area contributed by atoms with E-state index >= 15 is 0 Å². The van der Waals surface area contributed by atoms with E-state index in [0.29, 0.717) is 6.54 Å². The number of carbonyl (C=O) groups is 1. The summed E-state index contributed by atoms with van der Waals surface area (Å²) in [7, 11) is 0. The van der Waals surface area contributed by atoms with Gasteiger partial charge in [-0.2, -0.15) is 0 Å². The molecule has 0 bridgehead atoms. The molecule has 1 N–H and O–H groups in total. The van der Waals surface area contributed by atoms with E-state index in [9.17, 15) is 4.79 Å². The number of hydrogen-bond acceptors (Lipinski definition) is 1. The van der Waals surface area contributed by atoms with Gasteiger partial charge < -0.3 is 5.32 Å². The van der Waals surface area contributed by atoms with Crippen LogP contribution in [0.25, 0.3) is 0 Å². The number of amides is 1. The van der Waals surface area contributed by atoms with Crippen LogP contribution in [0.15, 0.2) is 12.2 Å². The first-order valence-corrected chi connectivity index (χ1v) is 3.75. The zero-order valence-corrected chi connectivity index (χ0v) is 6.68. The Bertz CT molecular complexity index is 118. The Morgan fingerprint density at radius 2 is 2.20 bits per heavy atom. The molecule has 1 amide bonds. The molecule has 0 aromatic heterocycles. The van der Waals surface area contributed by atoms with E-state index in [1.807, 2.05) is 13.0 Å². The van der Waals surface area contributed by atoms with Gasteiger partial charge in [0.05, 0.1) is 0 Å². The lowest BCUT2D eigenvalue weighted by Gasteiger charge is -1.93. The molecular weight excluding hydrogens is 126 g/mol. The molecule has 0 fully saturated rings. The van der Waals surface area contributed by atoms with Gasteiger partial charge in [0.25, 0.3) is 0 Å². The van der Waals surface area contributed by atoms with Gasteiger partial charge in [-0.25, -0.2) is 0 Å². The van der Waals surface area contributed by atoms with E-state index in [4.69, 9.17) is 0 Å². The summed E-state index contributed by atoms with van der Waals surface area (Å²) in [5, 5.41) is 2.68. The van der Waals surface area contributed by atoms with Crippen LogP contribution in [0, 0.1) is 0 Å². The fraction of sp³-hybridized carbons (Fsp3) is 0.625.